The summed E-state index contributed by atoms with van der Waals surface area (Å²) in [5.74, 6) is 1.02. The van der Waals surface area contributed by atoms with E-state index in [1.165, 1.54) is 0 Å². The summed E-state index contributed by atoms with van der Waals surface area (Å²) < 4.78 is 12.9. The van der Waals surface area contributed by atoms with E-state index in [-0.39, 0.29) is 0 Å². The maximum Gasteiger partial charge on any atom is 0.169 e. The molecule has 0 bridgehead atoms. The molecule has 6 heteroatoms. The fraction of sp³-hybridized carbons (Fsp3) is 0.417. The second-order valence-electron chi connectivity index (χ2n) is 3.87. The van der Waals surface area contributed by atoms with Gasteiger partial charge >= 0.3 is 0 Å². The van der Waals surface area contributed by atoms with Crippen LogP contribution in [0.3, 0.4) is 0 Å². The topological polar surface area (TPSA) is 60.4 Å². The van der Waals surface area contributed by atoms with E-state index in [9.17, 15) is 5.11 Å². The first-order valence-electron chi connectivity index (χ1n) is 5.70. The van der Waals surface area contributed by atoms with Crippen molar-refractivity contribution in [3.05, 3.63) is 34.5 Å². The normalized spacial score (nSPS) is 12.7. The molecule has 5 nitrogen and oxygen atoms in total. The van der Waals surface area contributed by atoms with Crippen LogP contribution in [0.25, 0.3) is 0 Å². The lowest BCUT2D eigenvalue weighted by molar-refractivity contribution is 0.172. The van der Waals surface area contributed by atoms with Crippen LogP contribution in [0.5, 0.6) is 5.75 Å². The van der Waals surface area contributed by atoms with Crippen molar-refractivity contribution in [2.45, 2.75) is 26.0 Å². The number of halogens is 1. The number of nitrogens with zero attached hydrogens (tertiary/aromatic N) is 2. The molecule has 2 heterocycles. The Labute approximate surface area is 113 Å². The fourth-order valence-corrected chi connectivity index (χ4v) is 2.13. The number of hydrogen-bond acceptors (Lipinski definition) is 4. The number of hydrogen-bond donors (Lipinski definition) is 1. The third kappa shape index (κ3) is 2.44. The van der Waals surface area contributed by atoms with Gasteiger partial charge in [-0.1, -0.05) is 6.92 Å². The molecule has 0 radical (unpaired) electrons. The highest BCUT2D eigenvalue weighted by atomic mass is 79.9. The van der Waals surface area contributed by atoms with Gasteiger partial charge in [0, 0.05) is 6.54 Å². The van der Waals surface area contributed by atoms with Crippen LogP contribution in [-0.2, 0) is 6.54 Å². The summed E-state index contributed by atoms with van der Waals surface area (Å²) in [4.78, 5) is 0. The summed E-state index contributed by atoms with van der Waals surface area (Å²) in [5, 5.41) is 14.6. The molecule has 0 aliphatic rings. The lowest BCUT2D eigenvalue weighted by Gasteiger charge is -2.12. The van der Waals surface area contributed by atoms with Crippen molar-refractivity contribution in [3.63, 3.8) is 0 Å². The van der Waals surface area contributed by atoms with Crippen molar-refractivity contribution < 1.29 is 14.3 Å². The minimum Gasteiger partial charge on any atom is -0.493 e. The summed E-state index contributed by atoms with van der Waals surface area (Å²) in [6, 6.07) is 3.46. The standard InChI is InChI=1S/C12H15BrN2O3/c1-3-6-15-11(9(17-2)7-14-15)12(16)8-4-5-10(13)18-8/h4-5,7,12,16H,3,6H2,1-2H3. The van der Waals surface area contributed by atoms with Crippen LogP contribution in [-0.4, -0.2) is 22.0 Å². The van der Waals surface area contributed by atoms with Gasteiger partial charge in [0.05, 0.1) is 13.3 Å². The Kier molecular flexibility index (Phi) is 4.08. The van der Waals surface area contributed by atoms with Crippen LogP contribution >= 0.6 is 15.9 Å². The van der Waals surface area contributed by atoms with Crippen LogP contribution in [0, 0.1) is 0 Å². The lowest BCUT2D eigenvalue weighted by atomic mass is 10.2. The Morgan fingerprint density at radius 1 is 1.56 bits per heavy atom. The van der Waals surface area contributed by atoms with Gasteiger partial charge in [-0.05, 0) is 34.5 Å². The van der Waals surface area contributed by atoms with Gasteiger partial charge in [0.2, 0.25) is 0 Å². The molecule has 0 saturated heterocycles. The van der Waals surface area contributed by atoms with Gasteiger partial charge in [-0.25, -0.2) is 0 Å². The molecule has 0 aliphatic carbocycles. The molecule has 2 rings (SSSR count). The number of aliphatic hydroxyl groups is 1. The Balaban J connectivity index is 2.38. The predicted molar refractivity (Wildman–Crippen MR) is 69.5 cm³/mol. The van der Waals surface area contributed by atoms with Crippen molar-refractivity contribution >= 4 is 15.9 Å². The number of furan rings is 1. The zero-order valence-corrected chi connectivity index (χ0v) is 11.8. The fourth-order valence-electron chi connectivity index (χ4n) is 1.81. The smallest absolute Gasteiger partial charge is 0.169 e. The predicted octanol–water partition coefficient (Wildman–Crippen LogP) is 2.74. The molecule has 2 aromatic heterocycles. The van der Waals surface area contributed by atoms with Crippen molar-refractivity contribution in [2.75, 3.05) is 7.11 Å². The highest BCUT2D eigenvalue weighted by Crippen LogP contribution is 2.31. The lowest BCUT2D eigenvalue weighted by Crippen LogP contribution is -2.10. The molecule has 0 spiro atoms. The number of rotatable bonds is 5. The summed E-state index contributed by atoms with van der Waals surface area (Å²) >= 11 is 3.22. The summed E-state index contributed by atoms with van der Waals surface area (Å²) in [7, 11) is 1.56. The van der Waals surface area contributed by atoms with Gasteiger partial charge < -0.3 is 14.3 Å². The summed E-state index contributed by atoms with van der Waals surface area (Å²) in [6.45, 7) is 2.77. The monoisotopic (exact) mass is 314 g/mol. The average molecular weight is 315 g/mol. The van der Waals surface area contributed by atoms with Crippen LogP contribution in [0.4, 0.5) is 0 Å². The van der Waals surface area contributed by atoms with E-state index < -0.39 is 6.10 Å². The molecular formula is C12H15BrN2O3. The first-order valence-corrected chi connectivity index (χ1v) is 6.49. The number of ether oxygens (including phenoxy) is 1. The molecule has 0 aliphatic heterocycles. The zero-order valence-electron chi connectivity index (χ0n) is 10.3. The number of methoxy groups -OCH3 is 1. The molecule has 1 atom stereocenters. The van der Waals surface area contributed by atoms with E-state index in [1.54, 1.807) is 30.1 Å². The maximum absolute atomic E-state index is 10.4. The van der Waals surface area contributed by atoms with Crippen molar-refractivity contribution in [1.82, 2.24) is 9.78 Å². The molecule has 1 unspecified atom stereocenters. The highest BCUT2D eigenvalue weighted by molar-refractivity contribution is 9.10. The molecule has 18 heavy (non-hydrogen) atoms. The summed E-state index contributed by atoms with van der Waals surface area (Å²) in [5.41, 5.74) is 0.612. The molecule has 0 saturated carbocycles. The van der Waals surface area contributed by atoms with E-state index in [1.807, 2.05) is 6.92 Å². The van der Waals surface area contributed by atoms with Crippen molar-refractivity contribution in [3.8, 4) is 5.75 Å². The van der Waals surface area contributed by atoms with E-state index >= 15 is 0 Å². The third-order valence-corrected chi connectivity index (χ3v) is 3.05. The maximum atomic E-state index is 10.4. The SMILES string of the molecule is CCCn1ncc(OC)c1C(O)c1ccc(Br)o1. The average Bonchev–Trinajstić information content (AvgIpc) is 2.95. The quantitative estimate of drug-likeness (QED) is 0.921. The van der Waals surface area contributed by atoms with Crippen LogP contribution in [0.2, 0.25) is 0 Å². The molecule has 1 N–H and O–H groups in total. The van der Waals surface area contributed by atoms with E-state index in [0.29, 0.717) is 21.9 Å². The number of aromatic nitrogens is 2. The van der Waals surface area contributed by atoms with Gasteiger partial charge in [0.25, 0.3) is 0 Å². The zero-order chi connectivity index (χ0) is 13.1. The molecule has 2 aromatic rings. The van der Waals surface area contributed by atoms with Crippen LogP contribution in [0.15, 0.2) is 27.4 Å². The molecular weight excluding hydrogens is 300 g/mol. The van der Waals surface area contributed by atoms with Gasteiger partial charge in [0.1, 0.15) is 11.5 Å². The Morgan fingerprint density at radius 2 is 2.33 bits per heavy atom. The summed E-state index contributed by atoms with van der Waals surface area (Å²) in [6.07, 6.45) is 1.64. The van der Waals surface area contributed by atoms with Crippen LogP contribution < -0.4 is 4.74 Å². The molecule has 98 valence electrons. The second kappa shape index (κ2) is 5.58. The Morgan fingerprint density at radius 3 is 2.89 bits per heavy atom. The van der Waals surface area contributed by atoms with E-state index in [4.69, 9.17) is 9.15 Å². The van der Waals surface area contributed by atoms with Crippen molar-refractivity contribution in [2.24, 2.45) is 0 Å². The number of aryl methyl sites for hydroxylation is 1. The first kappa shape index (κ1) is 13.2. The molecule has 0 aromatic carbocycles. The second-order valence-corrected chi connectivity index (χ2v) is 4.65. The van der Waals surface area contributed by atoms with Gasteiger partial charge in [-0.3, -0.25) is 4.68 Å². The van der Waals surface area contributed by atoms with Gasteiger partial charge in [0.15, 0.2) is 16.5 Å². The minimum atomic E-state index is -0.889. The van der Waals surface area contributed by atoms with Gasteiger partial charge in [-0.15, -0.1) is 0 Å². The first-order chi connectivity index (χ1) is 8.67. The Hall–Kier alpha value is -1.27. The highest BCUT2D eigenvalue weighted by Gasteiger charge is 2.23. The Bertz CT molecular complexity index is 521. The third-order valence-electron chi connectivity index (χ3n) is 2.62. The van der Waals surface area contributed by atoms with Crippen LogP contribution in [0.1, 0.15) is 30.9 Å². The van der Waals surface area contributed by atoms with E-state index in [2.05, 4.69) is 21.0 Å². The van der Waals surface area contributed by atoms with Crippen molar-refractivity contribution in [1.29, 1.82) is 0 Å². The van der Waals surface area contributed by atoms with E-state index in [0.717, 1.165) is 13.0 Å². The molecule has 0 amide bonds. The minimum absolute atomic E-state index is 0.457. The largest absolute Gasteiger partial charge is 0.493 e. The van der Waals surface area contributed by atoms with Gasteiger partial charge in [-0.2, -0.15) is 5.10 Å². The number of aliphatic hydroxyl groups excluding tert-OH is 1. The molecule has 0 fully saturated rings.